The van der Waals surface area contributed by atoms with E-state index in [0.29, 0.717) is 6.42 Å². The maximum absolute atomic E-state index is 10.1. The van der Waals surface area contributed by atoms with Gasteiger partial charge in [0.15, 0.2) is 0 Å². The van der Waals surface area contributed by atoms with Gasteiger partial charge in [-0.2, -0.15) is 0 Å². The Hall–Kier alpha value is -2.64. The van der Waals surface area contributed by atoms with Crippen LogP contribution in [0.1, 0.15) is 96.0 Å². The van der Waals surface area contributed by atoms with Crippen molar-refractivity contribution >= 4 is 34.3 Å². The SMILES string of the molecule is C1=C(c2c[nH]c3ccc(Sc4ccccn4)nc23)CCC2CCCCN2C1.CCCCCCCCCC(=O)O. The second kappa shape index (κ2) is 15.8. The van der Waals surface area contributed by atoms with E-state index in [1.54, 1.807) is 11.8 Å². The fourth-order valence-electron chi connectivity index (χ4n) is 5.55. The van der Waals surface area contributed by atoms with Crippen LogP contribution in [0.2, 0.25) is 0 Å². The number of rotatable bonds is 11. The lowest BCUT2D eigenvalue weighted by Gasteiger charge is -2.33. The van der Waals surface area contributed by atoms with Crippen LogP contribution < -0.4 is 0 Å². The largest absolute Gasteiger partial charge is 0.481 e. The van der Waals surface area contributed by atoms with Crippen LogP contribution in [0.4, 0.5) is 0 Å². The number of aliphatic carboxylic acids is 1. The third-order valence-corrected chi connectivity index (χ3v) is 8.64. The summed E-state index contributed by atoms with van der Waals surface area (Å²) in [6.45, 7) is 4.53. The highest BCUT2D eigenvalue weighted by molar-refractivity contribution is 7.99. The molecule has 2 aliphatic rings. The number of allylic oxidation sites excluding steroid dienone is 1. The summed E-state index contributed by atoms with van der Waals surface area (Å²) in [6.07, 6.45) is 21.6. The number of pyridine rings is 2. The van der Waals surface area contributed by atoms with Gasteiger partial charge in [0.1, 0.15) is 10.1 Å². The highest BCUT2D eigenvalue weighted by atomic mass is 32.2. The minimum atomic E-state index is -0.663. The van der Waals surface area contributed by atoms with Crippen LogP contribution in [-0.4, -0.2) is 50.1 Å². The standard InChI is InChI=1S/C22H24N4S.C10H20O2/c1-3-12-23-20(6-1)27-21-10-9-19-22(25-21)18(15-24-19)16-7-8-17-5-2-4-13-26(17)14-11-16;1-2-3-4-5-6-7-8-9-10(11)12/h1,3,6,9-12,15,17,24H,2,4-5,7-8,13-14H2;2-9H2,1H3,(H,11,12). The number of aromatic nitrogens is 3. The lowest BCUT2D eigenvalue weighted by molar-refractivity contribution is -0.137. The number of H-pyrrole nitrogens is 1. The molecule has 1 saturated heterocycles. The van der Waals surface area contributed by atoms with Crippen LogP contribution in [0.3, 0.4) is 0 Å². The Morgan fingerprint density at radius 3 is 2.69 bits per heavy atom. The summed E-state index contributed by atoms with van der Waals surface area (Å²) in [7, 11) is 0. The van der Waals surface area contributed by atoms with E-state index in [2.05, 4.69) is 46.2 Å². The van der Waals surface area contributed by atoms with E-state index >= 15 is 0 Å². The van der Waals surface area contributed by atoms with Gasteiger partial charge in [0.25, 0.3) is 0 Å². The molecule has 3 aromatic rings. The average molecular weight is 549 g/mol. The number of hydrogen-bond acceptors (Lipinski definition) is 5. The molecule has 0 aromatic carbocycles. The predicted molar refractivity (Wildman–Crippen MR) is 161 cm³/mol. The van der Waals surface area contributed by atoms with Crippen LogP contribution in [0.5, 0.6) is 0 Å². The van der Waals surface area contributed by atoms with Crippen LogP contribution in [0.25, 0.3) is 16.6 Å². The van der Waals surface area contributed by atoms with Crippen molar-refractivity contribution in [1.82, 2.24) is 19.9 Å². The van der Waals surface area contributed by atoms with E-state index in [1.807, 2.05) is 24.4 Å². The van der Waals surface area contributed by atoms with Crippen molar-refractivity contribution in [1.29, 1.82) is 0 Å². The monoisotopic (exact) mass is 548 g/mol. The molecule has 7 heteroatoms. The number of piperidine rings is 1. The van der Waals surface area contributed by atoms with Crippen molar-refractivity contribution in [3.05, 3.63) is 54.4 Å². The summed E-state index contributed by atoms with van der Waals surface area (Å²) in [6, 6.07) is 11.0. The summed E-state index contributed by atoms with van der Waals surface area (Å²) in [4.78, 5) is 25.6. The molecule has 39 heavy (non-hydrogen) atoms. The van der Waals surface area contributed by atoms with Crippen LogP contribution in [0, 0.1) is 0 Å². The van der Waals surface area contributed by atoms with Gasteiger partial charge in [-0.3, -0.25) is 9.69 Å². The molecule has 5 rings (SSSR count). The van der Waals surface area contributed by atoms with E-state index in [0.717, 1.165) is 52.9 Å². The van der Waals surface area contributed by atoms with Gasteiger partial charge in [-0.1, -0.05) is 75.8 Å². The zero-order valence-corrected chi connectivity index (χ0v) is 24.2. The molecule has 6 nitrogen and oxygen atoms in total. The van der Waals surface area contributed by atoms with Crippen molar-refractivity contribution in [2.45, 2.75) is 106 Å². The molecule has 0 amide bonds. The molecule has 5 heterocycles. The smallest absolute Gasteiger partial charge is 0.303 e. The fourth-order valence-corrected chi connectivity index (χ4v) is 6.30. The van der Waals surface area contributed by atoms with Gasteiger partial charge >= 0.3 is 5.97 Å². The molecular formula is C32H44N4O2S. The molecule has 2 aliphatic heterocycles. The van der Waals surface area contributed by atoms with E-state index < -0.39 is 5.97 Å². The van der Waals surface area contributed by atoms with Crippen molar-refractivity contribution < 1.29 is 9.90 Å². The predicted octanol–water partition coefficient (Wildman–Crippen LogP) is 8.35. The van der Waals surface area contributed by atoms with E-state index in [1.165, 1.54) is 75.5 Å². The lowest BCUT2D eigenvalue weighted by Crippen LogP contribution is -2.38. The van der Waals surface area contributed by atoms with E-state index in [9.17, 15) is 4.79 Å². The molecule has 2 N–H and O–H groups in total. The van der Waals surface area contributed by atoms with E-state index in [-0.39, 0.29) is 0 Å². The molecule has 1 atom stereocenters. The Labute approximate surface area is 237 Å². The number of unbranched alkanes of at least 4 members (excludes halogenated alkanes) is 6. The number of nitrogens with zero attached hydrogens (tertiary/aromatic N) is 3. The van der Waals surface area contributed by atoms with Gasteiger partial charge in [-0.05, 0) is 68.5 Å². The Balaban J connectivity index is 0.000000251. The Morgan fingerprint density at radius 1 is 1.05 bits per heavy atom. The number of hydrogen-bond donors (Lipinski definition) is 2. The number of carbonyl (C=O) groups is 1. The Morgan fingerprint density at radius 2 is 1.90 bits per heavy atom. The summed E-state index contributed by atoms with van der Waals surface area (Å²) in [5.74, 6) is -0.663. The van der Waals surface area contributed by atoms with Crippen molar-refractivity contribution in [3.8, 4) is 0 Å². The van der Waals surface area contributed by atoms with Gasteiger partial charge < -0.3 is 10.1 Å². The first-order chi connectivity index (χ1) is 19.1. The topological polar surface area (TPSA) is 82.1 Å². The van der Waals surface area contributed by atoms with Crippen LogP contribution in [-0.2, 0) is 4.79 Å². The van der Waals surface area contributed by atoms with Crippen molar-refractivity contribution in [2.75, 3.05) is 13.1 Å². The maximum atomic E-state index is 10.1. The highest BCUT2D eigenvalue weighted by Gasteiger charge is 2.25. The van der Waals surface area contributed by atoms with E-state index in [4.69, 9.17) is 10.1 Å². The molecule has 0 radical (unpaired) electrons. The van der Waals surface area contributed by atoms with Gasteiger partial charge in [0.05, 0.1) is 11.0 Å². The minimum absolute atomic E-state index is 0.341. The fraction of sp³-hybridized carbons (Fsp3) is 0.531. The third-order valence-electron chi connectivity index (χ3n) is 7.75. The molecule has 0 spiro atoms. The van der Waals surface area contributed by atoms with Gasteiger partial charge in [-0.25, -0.2) is 9.97 Å². The first kappa shape index (κ1) is 29.3. The van der Waals surface area contributed by atoms with Gasteiger partial charge in [0, 0.05) is 37.0 Å². The number of aromatic amines is 1. The molecule has 1 unspecified atom stereocenters. The normalized spacial score (nSPS) is 17.6. The molecular weight excluding hydrogens is 504 g/mol. The lowest BCUT2D eigenvalue weighted by atomic mass is 9.96. The molecule has 1 fully saturated rings. The Kier molecular flexibility index (Phi) is 11.9. The summed E-state index contributed by atoms with van der Waals surface area (Å²) >= 11 is 1.62. The first-order valence-corrected chi connectivity index (χ1v) is 15.7. The highest BCUT2D eigenvalue weighted by Crippen LogP contribution is 2.34. The molecule has 0 aliphatic carbocycles. The Bertz CT molecular complexity index is 1190. The second-order valence-electron chi connectivity index (χ2n) is 10.7. The number of carboxylic acids is 1. The maximum Gasteiger partial charge on any atom is 0.303 e. The zero-order valence-electron chi connectivity index (χ0n) is 23.4. The van der Waals surface area contributed by atoms with Crippen molar-refractivity contribution in [2.24, 2.45) is 0 Å². The van der Waals surface area contributed by atoms with Crippen molar-refractivity contribution in [3.63, 3.8) is 0 Å². The first-order valence-electron chi connectivity index (χ1n) is 14.9. The molecule has 3 aromatic heterocycles. The molecule has 210 valence electrons. The average Bonchev–Trinajstić information content (AvgIpc) is 3.25. The molecule has 0 bridgehead atoms. The number of fused-ring (bicyclic) bond motifs is 2. The molecule has 0 saturated carbocycles. The van der Waals surface area contributed by atoms with Crippen LogP contribution in [0.15, 0.2) is 58.9 Å². The van der Waals surface area contributed by atoms with Gasteiger partial charge in [0.2, 0.25) is 0 Å². The zero-order chi connectivity index (χ0) is 27.3. The summed E-state index contributed by atoms with van der Waals surface area (Å²) in [5, 5.41) is 10.3. The second-order valence-corrected chi connectivity index (χ2v) is 11.7. The number of nitrogens with one attached hydrogen (secondary N) is 1. The minimum Gasteiger partial charge on any atom is -0.481 e. The van der Waals surface area contributed by atoms with Gasteiger partial charge in [-0.15, -0.1) is 0 Å². The number of carboxylic acid groups (broad SMARTS) is 1. The summed E-state index contributed by atoms with van der Waals surface area (Å²) in [5.41, 5.74) is 4.91. The summed E-state index contributed by atoms with van der Waals surface area (Å²) < 4.78 is 0. The third kappa shape index (κ3) is 9.21. The van der Waals surface area contributed by atoms with Crippen LogP contribution >= 0.6 is 11.8 Å². The quantitative estimate of drug-likeness (QED) is 0.234.